The molecular weight excluding hydrogens is 366 g/mol. The average molecular weight is 394 g/mol. The highest BCUT2D eigenvalue weighted by Crippen LogP contribution is 2.26. The Hall–Kier alpha value is -1.43. The zero-order valence-corrected chi connectivity index (χ0v) is 17.2. The van der Waals surface area contributed by atoms with Crippen molar-refractivity contribution in [3.05, 3.63) is 51.5 Å². The van der Waals surface area contributed by atoms with Crippen molar-refractivity contribution in [1.82, 2.24) is 15.2 Å². The molecule has 0 aliphatic carbocycles. The first-order chi connectivity index (χ1) is 12.2. The highest BCUT2D eigenvalue weighted by atomic mass is 35.5. The van der Waals surface area contributed by atoms with Crippen molar-refractivity contribution in [1.29, 1.82) is 0 Å². The van der Waals surface area contributed by atoms with E-state index in [1.807, 2.05) is 18.2 Å². The van der Waals surface area contributed by atoms with Crippen molar-refractivity contribution in [3.8, 4) is 0 Å². The second-order valence-corrected chi connectivity index (χ2v) is 7.80. The Balaban J connectivity index is 0.00000243. The molecule has 1 N–H and O–H groups in total. The Kier molecular flexibility index (Phi) is 8.07. The molecule has 1 unspecified atom stereocenters. The molecule has 2 aromatic rings. The van der Waals surface area contributed by atoms with Crippen LogP contribution in [-0.4, -0.2) is 34.9 Å². The second-order valence-electron chi connectivity index (χ2n) is 6.66. The lowest BCUT2D eigenvalue weighted by atomic mass is 10.1. The Bertz CT molecular complexity index is 696. The molecule has 4 nitrogen and oxygen atoms in total. The summed E-state index contributed by atoms with van der Waals surface area (Å²) in [5, 5.41) is 3.45. The smallest absolute Gasteiger partial charge is 0.264 e. The van der Waals surface area contributed by atoms with E-state index < -0.39 is 0 Å². The van der Waals surface area contributed by atoms with Crippen molar-refractivity contribution >= 4 is 29.7 Å². The van der Waals surface area contributed by atoms with E-state index in [4.69, 9.17) is 0 Å². The van der Waals surface area contributed by atoms with Gasteiger partial charge in [-0.15, -0.1) is 23.7 Å². The zero-order chi connectivity index (χ0) is 17.6. The highest BCUT2D eigenvalue weighted by molar-refractivity contribution is 7.14. The fourth-order valence-corrected chi connectivity index (χ4v) is 4.53. The number of pyridine rings is 1. The molecule has 0 radical (unpaired) electrons. The minimum absolute atomic E-state index is 0. The third-order valence-corrected chi connectivity index (χ3v) is 6.23. The molecule has 1 aliphatic heterocycles. The van der Waals surface area contributed by atoms with Gasteiger partial charge in [-0.3, -0.25) is 9.78 Å². The van der Waals surface area contributed by atoms with Crippen molar-refractivity contribution in [2.24, 2.45) is 0 Å². The van der Waals surface area contributed by atoms with Gasteiger partial charge in [0, 0.05) is 17.1 Å². The van der Waals surface area contributed by atoms with Crippen LogP contribution in [0.5, 0.6) is 0 Å². The maximum Gasteiger partial charge on any atom is 0.264 e. The van der Waals surface area contributed by atoms with Crippen LogP contribution in [-0.2, 0) is 13.0 Å². The van der Waals surface area contributed by atoms with Crippen molar-refractivity contribution in [3.63, 3.8) is 0 Å². The number of carbonyl (C=O) groups excluding carboxylic acids is 1. The summed E-state index contributed by atoms with van der Waals surface area (Å²) in [6.07, 6.45) is 5.95. The molecule has 0 spiro atoms. The number of aromatic nitrogens is 1. The lowest BCUT2D eigenvalue weighted by Crippen LogP contribution is -2.40. The van der Waals surface area contributed by atoms with Crippen LogP contribution < -0.4 is 5.32 Å². The monoisotopic (exact) mass is 393 g/mol. The van der Waals surface area contributed by atoms with Gasteiger partial charge >= 0.3 is 0 Å². The molecule has 1 amide bonds. The fourth-order valence-electron chi connectivity index (χ4n) is 3.46. The molecular formula is C20H28ClN3OS. The number of nitrogens with one attached hydrogen (secondary N) is 1. The standard InChI is InChI=1S/C20H27N3OS.ClH/c1-3-18-15(2)13-19(25-18)20(24)23(14-16-7-4-5-11-22-16)17-8-6-10-21-12-9-17;/h4-5,7,11,13,17,21H,3,6,8-10,12,14H2,1-2H3;1H. The Morgan fingerprint density at radius 3 is 2.88 bits per heavy atom. The molecule has 2 aromatic heterocycles. The predicted molar refractivity (Wildman–Crippen MR) is 110 cm³/mol. The van der Waals surface area contributed by atoms with Gasteiger partial charge in [-0.05, 0) is 69.5 Å². The molecule has 0 saturated carbocycles. The second kappa shape index (κ2) is 10.0. The Morgan fingerprint density at radius 2 is 2.19 bits per heavy atom. The summed E-state index contributed by atoms with van der Waals surface area (Å²) in [4.78, 5) is 22.0. The van der Waals surface area contributed by atoms with Gasteiger partial charge in [0.25, 0.3) is 5.91 Å². The summed E-state index contributed by atoms with van der Waals surface area (Å²) in [6.45, 7) is 6.85. The van der Waals surface area contributed by atoms with Crippen LogP contribution in [0.25, 0.3) is 0 Å². The van der Waals surface area contributed by atoms with Gasteiger partial charge in [0.15, 0.2) is 0 Å². The van der Waals surface area contributed by atoms with E-state index in [0.717, 1.165) is 49.3 Å². The molecule has 26 heavy (non-hydrogen) atoms. The van der Waals surface area contributed by atoms with Gasteiger partial charge < -0.3 is 10.2 Å². The SMILES string of the molecule is CCc1sc(C(=O)N(Cc2ccccn2)C2CCCNCC2)cc1C.Cl. The largest absolute Gasteiger partial charge is 0.329 e. The summed E-state index contributed by atoms with van der Waals surface area (Å²) in [5.74, 6) is 0.158. The fraction of sp³-hybridized carbons (Fsp3) is 0.500. The topological polar surface area (TPSA) is 45.2 Å². The zero-order valence-electron chi connectivity index (χ0n) is 15.5. The number of amides is 1. The Morgan fingerprint density at radius 1 is 1.35 bits per heavy atom. The van der Waals surface area contributed by atoms with E-state index >= 15 is 0 Å². The molecule has 1 atom stereocenters. The van der Waals surface area contributed by atoms with Gasteiger partial charge in [-0.25, -0.2) is 0 Å². The number of nitrogens with zero attached hydrogens (tertiary/aromatic N) is 2. The normalized spacial score (nSPS) is 17.2. The maximum atomic E-state index is 13.3. The van der Waals surface area contributed by atoms with E-state index in [-0.39, 0.29) is 24.4 Å². The molecule has 6 heteroatoms. The van der Waals surface area contributed by atoms with E-state index in [2.05, 4.69) is 35.1 Å². The first-order valence-corrected chi connectivity index (χ1v) is 10.0. The summed E-state index contributed by atoms with van der Waals surface area (Å²) in [6, 6.07) is 8.25. The lowest BCUT2D eigenvalue weighted by molar-refractivity contribution is 0.0647. The molecule has 0 bridgehead atoms. The van der Waals surface area contributed by atoms with Crippen LogP contribution in [0.1, 0.15) is 52.0 Å². The van der Waals surface area contributed by atoms with Gasteiger partial charge in [0.2, 0.25) is 0 Å². The van der Waals surface area contributed by atoms with Gasteiger partial charge in [0.05, 0.1) is 17.1 Å². The van der Waals surface area contributed by atoms with Crippen LogP contribution in [0.4, 0.5) is 0 Å². The third kappa shape index (κ3) is 5.06. The van der Waals surface area contributed by atoms with Crippen LogP contribution in [0.2, 0.25) is 0 Å². The minimum Gasteiger partial charge on any atom is -0.329 e. The number of hydrogen-bond donors (Lipinski definition) is 1. The van der Waals surface area contributed by atoms with Crippen molar-refractivity contribution in [2.75, 3.05) is 13.1 Å². The lowest BCUT2D eigenvalue weighted by Gasteiger charge is -2.30. The summed E-state index contributed by atoms with van der Waals surface area (Å²) < 4.78 is 0. The number of aryl methyl sites for hydroxylation is 2. The minimum atomic E-state index is 0. The number of carbonyl (C=O) groups is 1. The molecule has 0 aromatic carbocycles. The van der Waals surface area contributed by atoms with E-state index in [0.29, 0.717) is 6.54 Å². The van der Waals surface area contributed by atoms with E-state index in [9.17, 15) is 4.79 Å². The number of rotatable bonds is 5. The predicted octanol–water partition coefficient (Wildman–Crippen LogP) is 4.22. The van der Waals surface area contributed by atoms with E-state index in [1.165, 1.54) is 10.4 Å². The van der Waals surface area contributed by atoms with Crippen LogP contribution >= 0.6 is 23.7 Å². The highest BCUT2D eigenvalue weighted by Gasteiger charge is 2.27. The first kappa shape index (κ1) is 20.9. The van der Waals surface area contributed by atoms with Crippen LogP contribution in [0.3, 0.4) is 0 Å². The van der Waals surface area contributed by atoms with Crippen molar-refractivity contribution < 1.29 is 4.79 Å². The number of halogens is 1. The van der Waals surface area contributed by atoms with Gasteiger partial charge in [0.1, 0.15) is 0 Å². The summed E-state index contributed by atoms with van der Waals surface area (Å²) in [7, 11) is 0. The molecule has 1 fully saturated rings. The number of hydrogen-bond acceptors (Lipinski definition) is 4. The van der Waals surface area contributed by atoms with Gasteiger partial charge in [-0.2, -0.15) is 0 Å². The maximum absolute atomic E-state index is 13.3. The average Bonchev–Trinajstić information content (AvgIpc) is 2.84. The van der Waals surface area contributed by atoms with E-state index in [1.54, 1.807) is 17.5 Å². The van der Waals surface area contributed by atoms with Crippen LogP contribution in [0, 0.1) is 6.92 Å². The quantitative estimate of drug-likeness (QED) is 0.827. The molecule has 1 saturated heterocycles. The van der Waals surface area contributed by atoms with Crippen LogP contribution in [0.15, 0.2) is 30.5 Å². The third-order valence-electron chi connectivity index (χ3n) is 4.86. The molecule has 3 rings (SSSR count). The van der Waals surface area contributed by atoms with Crippen molar-refractivity contribution in [2.45, 2.75) is 52.1 Å². The summed E-state index contributed by atoms with van der Waals surface area (Å²) in [5.41, 5.74) is 2.19. The first-order valence-electron chi connectivity index (χ1n) is 9.20. The summed E-state index contributed by atoms with van der Waals surface area (Å²) >= 11 is 1.65. The molecule has 3 heterocycles. The number of thiophene rings is 1. The molecule has 1 aliphatic rings. The molecule has 142 valence electrons. The Labute approximate surface area is 166 Å². The van der Waals surface area contributed by atoms with Gasteiger partial charge in [-0.1, -0.05) is 13.0 Å².